The number of unbranched alkanes of at least 4 members (excludes halogenated alkanes) is 2. The van der Waals surface area contributed by atoms with Gasteiger partial charge in [-0.1, -0.05) is 26.7 Å². The Bertz CT molecular complexity index is 1100. The van der Waals surface area contributed by atoms with E-state index < -0.39 is 11.3 Å². The van der Waals surface area contributed by atoms with E-state index >= 15 is 0 Å². The van der Waals surface area contributed by atoms with Crippen LogP contribution in [0.1, 0.15) is 84.5 Å². The molecule has 0 radical (unpaired) electrons. The van der Waals surface area contributed by atoms with Gasteiger partial charge in [-0.05, 0) is 86.2 Å². The molecule has 50 heavy (non-hydrogen) atoms. The zero-order valence-corrected chi connectivity index (χ0v) is 31.5. The SMILES string of the molecule is CCC(=O)NCCCCC(C=NC(=O)CN(C)C)C(=O)NCCCNCCCNC(=O)[C@]1(CCCCNC(=O)CC)CC1NC(=O)CN(C)C. The summed E-state index contributed by atoms with van der Waals surface area (Å²) in [4.78, 5) is 81.0. The predicted molar refractivity (Wildman–Crippen MR) is 196 cm³/mol. The Labute approximate surface area is 299 Å². The zero-order valence-electron chi connectivity index (χ0n) is 31.5. The highest BCUT2D eigenvalue weighted by Crippen LogP contribution is 2.50. The van der Waals surface area contributed by atoms with Crippen molar-refractivity contribution in [1.29, 1.82) is 0 Å². The Morgan fingerprint density at radius 2 is 1.26 bits per heavy atom. The van der Waals surface area contributed by atoms with Crippen LogP contribution < -0.4 is 31.9 Å². The molecule has 0 bridgehead atoms. The molecule has 0 aliphatic heterocycles. The number of aliphatic imine (C=N–C) groups is 1. The van der Waals surface area contributed by atoms with Gasteiger partial charge in [-0.15, -0.1) is 0 Å². The van der Waals surface area contributed by atoms with Crippen LogP contribution in [-0.4, -0.2) is 138 Å². The lowest BCUT2D eigenvalue weighted by molar-refractivity contribution is -0.127. The van der Waals surface area contributed by atoms with Crippen LogP contribution in [0, 0.1) is 11.3 Å². The van der Waals surface area contributed by atoms with Crippen LogP contribution in [0.3, 0.4) is 0 Å². The lowest BCUT2D eigenvalue weighted by atomic mass is 9.96. The summed E-state index contributed by atoms with van der Waals surface area (Å²) in [7, 11) is 7.22. The van der Waals surface area contributed by atoms with Gasteiger partial charge in [-0.25, -0.2) is 4.99 Å². The molecule has 0 aromatic carbocycles. The third kappa shape index (κ3) is 19.7. The molecule has 1 rings (SSSR count). The number of carbonyl (C=O) groups excluding carboxylic acids is 6. The molecule has 1 saturated carbocycles. The van der Waals surface area contributed by atoms with Gasteiger partial charge in [0.2, 0.25) is 29.5 Å². The molecule has 286 valence electrons. The van der Waals surface area contributed by atoms with Crippen molar-refractivity contribution in [3.63, 3.8) is 0 Å². The number of carbonyl (C=O) groups is 6. The number of hydrogen-bond acceptors (Lipinski definition) is 9. The summed E-state index contributed by atoms with van der Waals surface area (Å²) < 4.78 is 0. The molecule has 0 heterocycles. The molecule has 15 heteroatoms. The van der Waals surface area contributed by atoms with E-state index in [0.717, 1.165) is 25.7 Å². The maximum Gasteiger partial charge on any atom is 0.259 e. The largest absolute Gasteiger partial charge is 0.356 e. The number of rotatable bonds is 28. The summed E-state index contributed by atoms with van der Waals surface area (Å²) >= 11 is 0. The van der Waals surface area contributed by atoms with Gasteiger partial charge < -0.3 is 41.7 Å². The second-order valence-corrected chi connectivity index (χ2v) is 13.6. The molecule has 0 spiro atoms. The quantitative estimate of drug-likeness (QED) is 0.0487. The number of nitrogens with zero attached hydrogens (tertiary/aromatic N) is 3. The Balaban J connectivity index is 2.42. The Kier molecular flexibility index (Phi) is 22.8. The summed E-state index contributed by atoms with van der Waals surface area (Å²) in [6.07, 6.45) is 8.52. The fourth-order valence-corrected chi connectivity index (χ4v) is 5.45. The average Bonchev–Trinajstić information content (AvgIpc) is 3.76. The second kappa shape index (κ2) is 25.5. The number of amides is 6. The summed E-state index contributed by atoms with van der Waals surface area (Å²) in [5.41, 5.74) is -0.616. The van der Waals surface area contributed by atoms with Crippen LogP contribution in [0.25, 0.3) is 0 Å². The van der Waals surface area contributed by atoms with Gasteiger partial charge in [0.25, 0.3) is 5.91 Å². The summed E-state index contributed by atoms with van der Waals surface area (Å²) in [5.74, 6) is -1.15. The second-order valence-electron chi connectivity index (χ2n) is 13.6. The van der Waals surface area contributed by atoms with Gasteiger partial charge in [0.05, 0.1) is 24.4 Å². The van der Waals surface area contributed by atoms with E-state index in [0.29, 0.717) is 84.2 Å². The van der Waals surface area contributed by atoms with Crippen molar-refractivity contribution in [2.24, 2.45) is 16.3 Å². The topological polar surface area (TPSA) is 193 Å². The van der Waals surface area contributed by atoms with Crippen molar-refractivity contribution < 1.29 is 28.8 Å². The standard InChI is InChI=1S/C35H65N9O6/c1-7-29(45)37-19-11-9-15-27(24-41-31(47)25-43(3)4)33(49)39-21-13-17-36-18-14-22-40-34(50)35(16-10-12-20-38-30(46)8-2)23-28(35)42-32(48)26-44(5)6/h24,27-28,36H,7-23,25-26H2,1-6H3,(H,37,45)(H,38,46)(H,39,49)(H,40,50)(H,42,48)/t27?,28?,35-/m1/s1. The lowest BCUT2D eigenvalue weighted by Crippen LogP contribution is -2.42. The molecule has 2 unspecified atom stereocenters. The molecule has 1 aliphatic carbocycles. The van der Waals surface area contributed by atoms with E-state index in [-0.39, 0.29) is 54.6 Å². The smallest absolute Gasteiger partial charge is 0.259 e. The van der Waals surface area contributed by atoms with Crippen LogP contribution in [0.15, 0.2) is 4.99 Å². The highest BCUT2D eigenvalue weighted by Gasteiger charge is 2.59. The fraction of sp³-hybridized carbons (Fsp3) is 0.800. The van der Waals surface area contributed by atoms with Gasteiger partial charge in [-0.2, -0.15) is 0 Å². The van der Waals surface area contributed by atoms with E-state index in [1.165, 1.54) is 6.21 Å². The minimum Gasteiger partial charge on any atom is -0.356 e. The highest BCUT2D eigenvalue weighted by molar-refractivity contribution is 5.97. The third-order valence-corrected chi connectivity index (χ3v) is 8.43. The molecular formula is C35H65N9O6. The molecule has 3 atom stereocenters. The average molecular weight is 708 g/mol. The minimum atomic E-state index is -0.616. The summed E-state index contributed by atoms with van der Waals surface area (Å²) in [6.45, 7) is 7.51. The summed E-state index contributed by atoms with van der Waals surface area (Å²) in [6, 6.07) is -0.189. The first kappa shape index (κ1) is 44.6. The van der Waals surface area contributed by atoms with Crippen LogP contribution in [-0.2, 0) is 28.8 Å². The molecular weight excluding hydrogens is 642 g/mol. The molecule has 6 N–H and O–H groups in total. The number of likely N-dealkylation sites (N-methyl/N-ethyl adjacent to an activating group) is 2. The van der Waals surface area contributed by atoms with Gasteiger partial charge in [0.15, 0.2) is 0 Å². The van der Waals surface area contributed by atoms with E-state index in [9.17, 15) is 28.8 Å². The van der Waals surface area contributed by atoms with Crippen molar-refractivity contribution in [3.8, 4) is 0 Å². The molecule has 0 saturated heterocycles. The van der Waals surface area contributed by atoms with E-state index in [1.54, 1.807) is 30.8 Å². The molecule has 6 amide bonds. The maximum atomic E-state index is 13.3. The minimum absolute atomic E-state index is 0.00523. The molecule has 0 aromatic heterocycles. The Morgan fingerprint density at radius 3 is 1.84 bits per heavy atom. The van der Waals surface area contributed by atoms with Gasteiger partial charge in [-0.3, -0.25) is 28.8 Å². The van der Waals surface area contributed by atoms with E-state index in [2.05, 4.69) is 36.9 Å². The van der Waals surface area contributed by atoms with Crippen molar-refractivity contribution in [3.05, 3.63) is 0 Å². The van der Waals surface area contributed by atoms with Gasteiger partial charge in [0, 0.05) is 51.3 Å². The Hall–Kier alpha value is -3.43. The van der Waals surface area contributed by atoms with Crippen molar-refractivity contribution in [2.45, 2.75) is 90.5 Å². The maximum absolute atomic E-state index is 13.3. The Morgan fingerprint density at radius 1 is 0.700 bits per heavy atom. The summed E-state index contributed by atoms with van der Waals surface area (Å²) in [5, 5.41) is 18.1. The van der Waals surface area contributed by atoms with Crippen molar-refractivity contribution >= 4 is 41.7 Å². The molecule has 1 aliphatic rings. The van der Waals surface area contributed by atoms with E-state index in [4.69, 9.17) is 0 Å². The number of nitrogens with one attached hydrogen (secondary N) is 6. The molecule has 1 fully saturated rings. The third-order valence-electron chi connectivity index (χ3n) is 8.43. The zero-order chi connectivity index (χ0) is 37.4. The normalized spacial score (nSPS) is 17.4. The number of hydrogen-bond donors (Lipinski definition) is 6. The predicted octanol–water partition coefficient (Wildman–Crippen LogP) is 0.193. The lowest BCUT2D eigenvalue weighted by Gasteiger charge is -2.19. The van der Waals surface area contributed by atoms with Crippen molar-refractivity contribution in [2.75, 3.05) is 80.5 Å². The highest BCUT2D eigenvalue weighted by atomic mass is 16.2. The van der Waals surface area contributed by atoms with Gasteiger partial charge >= 0.3 is 0 Å². The van der Waals surface area contributed by atoms with Crippen LogP contribution >= 0.6 is 0 Å². The van der Waals surface area contributed by atoms with Crippen LogP contribution in [0.4, 0.5) is 0 Å². The van der Waals surface area contributed by atoms with Crippen LogP contribution in [0.5, 0.6) is 0 Å². The molecule has 15 nitrogen and oxygen atoms in total. The fourth-order valence-electron chi connectivity index (χ4n) is 5.45. The monoisotopic (exact) mass is 708 g/mol. The first-order chi connectivity index (χ1) is 23.8. The van der Waals surface area contributed by atoms with E-state index in [1.807, 2.05) is 21.0 Å². The van der Waals surface area contributed by atoms with Crippen molar-refractivity contribution in [1.82, 2.24) is 41.7 Å². The first-order valence-corrected chi connectivity index (χ1v) is 18.3. The molecule has 0 aromatic rings. The first-order valence-electron chi connectivity index (χ1n) is 18.3. The van der Waals surface area contributed by atoms with Crippen LogP contribution in [0.2, 0.25) is 0 Å². The van der Waals surface area contributed by atoms with Gasteiger partial charge in [0.1, 0.15) is 0 Å².